The minimum Gasteiger partial charge on any atom is -0.395 e. The molecule has 0 radical (unpaired) electrons. The van der Waals surface area contributed by atoms with Crippen molar-refractivity contribution in [3.8, 4) is 0 Å². The van der Waals surface area contributed by atoms with Gasteiger partial charge in [-0.2, -0.15) is 0 Å². The van der Waals surface area contributed by atoms with Crippen molar-refractivity contribution in [2.75, 3.05) is 6.61 Å². The Bertz CT molecular complexity index is 147. The average molecular weight is 169 g/mol. The third kappa shape index (κ3) is 2.61. The first-order valence-electron chi connectivity index (χ1n) is 4.74. The highest BCUT2D eigenvalue weighted by atomic mass is 16.3. The van der Waals surface area contributed by atoms with Crippen LogP contribution in [0.2, 0.25) is 0 Å². The van der Waals surface area contributed by atoms with Crippen molar-refractivity contribution in [2.24, 2.45) is 5.92 Å². The number of hydrogen-bond acceptors (Lipinski definition) is 2. The molecule has 1 aliphatic heterocycles. The molecular formula is C10H19NO. The highest BCUT2D eigenvalue weighted by molar-refractivity contribution is 4.87. The van der Waals surface area contributed by atoms with Gasteiger partial charge in [-0.05, 0) is 25.2 Å². The van der Waals surface area contributed by atoms with E-state index in [0.29, 0.717) is 12.1 Å². The lowest BCUT2D eigenvalue weighted by Crippen LogP contribution is -2.46. The molecule has 0 bridgehead atoms. The lowest BCUT2D eigenvalue weighted by molar-refractivity contribution is 0.171. The van der Waals surface area contributed by atoms with Crippen LogP contribution in [0.1, 0.15) is 26.2 Å². The molecule has 0 aromatic rings. The SMILES string of the molecule is C=CCC1CC(C)CC(CO)N1. The Hall–Kier alpha value is -0.340. The van der Waals surface area contributed by atoms with Crippen LogP contribution >= 0.6 is 0 Å². The Morgan fingerprint density at radius 1 is 1.50 bits per heavy atom. The second kappa shape index (κ2) is 4.63. The number of aliphatic hydroxyl groups excluding tert-OH is 1. The number of hydrogen-bond donors (Lipinski definition) is 2. The molecule has 1 rings (SSSR count). The summed E-state index contributed by atoms with van der Waals surface area (Å²) in [5.74, 6) is 0.730. The van der Waals surface area contributed by atoms with Crippen molar-refractivity contribution in [3.05, 3.63) is 12.7 Å². The molecule has 12 heavy (non-hydrogen) atoms. The topological polar surface area (TPSA) is 32.3 Å². The van der Waals surface area contributed by atoms with E-state index >= 15 is 0 Å². The van der Waals surface area contributed by atoms with Crippen LogP contribution in [0.15, 0.2) is 12.7 Å². The van der Waals surface area contributed by atoms with Gasteiger partial charge in [-0.15, -0.1) is 6.58 Å². The predicted octanol–water partition coefficient (Wildman–Crippen LogP) is 1.31. The van der Waals surface area contributed by atoms with E-state index < -0.39 is 0 Å². The van der Waals surface area contributed by atoms with E-state index in [-0.39, 0.29) is 6.61 Å². The van der Waals surface area contributed by atoms with Gasteiger partial charge >= 0.3 is 0 Å². The van der Waals surface area contributed by atoms with Gasteiger partial charge < -0.3 is 10.4 Å². The van der Waals surface area contributed by atoms with Crippen LogP contribution in [0.3, 0.4) is 0 Å². The quantitative estimate of drug-likeness (QED) is 0.624. The lowest BCUT2D eigenvalue weighted by atomic mass is 9.88. The van der Waals surface area contributed by atoms with Gasteiger partial charge in [0.05, 0.1) is 6.61 Å². The summed E-state index contributed by atoms with van der Waals surface area (Å²) < 4.78 is 0. The number of aliphatic hydroxyl groups is 1. The van der Waals surface area contributed by atoms with E-state index in [1.54, 1.807) is 0 Å². The Labute approximate surface area is 74.7 Å². The number of rotatable bonds is 3. The first-order chi connectivity index (χ1) is 5.76. The molecular weight excluding hydrogens is 150 g/mol. The molecule has 1 heterocycles. The summed E-state index contributed by atoms with van der Waals surface area (Å²) in [5, 5.41) is 12.4. The summed E-state index contributed by atoms with van der Waals surface area (Å²) in [6.45, 7) is 6.24. The summed E-state index contributed by atoms with van der Waals surface area (Å²) in [5.41, 5.74) is 0. The molecule has 1 fully saturated rings. The zero-order valence-electron chi connectivity index (χ0n) is 7.79. The van der Waals surface area contributed by atoms with Crippen molar-refractivity contribution in [3.63, 3.8) is 0 Å². The van der Waals surface area contributed by atoms with Gasteiger partial charge in [0.25, 0.3) is 0 Å². The molecule has 3 atom stereocenters. The van der Waals surface area contributed by atoms with Crippen LogP contribution in [0.5, 0.6) is 0 Å². The molecule has 1 saturated heterocycles. The van der Waals surface area contributed by atoms with Crippen LogP contribution < -0.4 is 5.32 Å². The van der Waals surface area contributed by atoms with Gasteiger partial charge in [-0.1, -0.05) is 13.0 Å². The molecule has 1 aliphatic rings. The van der Waals surface area contributed by atoms with Crippen molar-refractivity contribution in [1.29, 1.82) is 0 Å². The third-order valence-corrected chi connectivity index (χ3v) is 2.52. The zero-order chi connectivity index (χ0) is 8.97. The Morgan fingerprint density at radius 3 is 2.75 bits per heavy atom. The van der Waals surface area contributed by atoms with Gasteiger partial charge in [-0.25, -0.2) is 0 Å². The Morgan fingerprint density at radius 2 is 2.17 bits per heavy atom. The normalized spacial score (nSPS) is 36.3. The highest BCUT2D eigenvalue weighted by Crippen LogP contribution is 2.21. The molecule has 3 unspecified atom stereocenters. The molecule has 0 spiro atoms. The van der Waals surface area contributed by atoms with Crippen molar-refractivity contribution in [2.45, 2.75) is 38.3 Å². The Balaban J connectivity index is 2.39. The molecule has 0 amide bonds. The molecule has 0 aliphatic carbocycles. The highest BCUT2D eigenvalue weighted by Gasteiger charge is 2.23. The van der Waals surface area contributed by atoms with E-state index in [0.717, 1.165) is 18.8 Å². The van der Waals surface area contributed by atoms with E-state index in [9.17, 15) is 0 Å². The predicted molar refractivity (Wildman–Crippen MR) is 51.0 cm³/mol. The summed E-state index contributed by atoms with van der Waals surface area (Å²) in [6.07, 6.45) is 5.28. The maximum atomic E-state index is 9.01. The largest absolute Gasteiger partial charge is 0.395 e. The summed E-state index contributed by atoms with van der Waals surface area (Å²) >= 11 is 0. The fourth-order valence-electron chi connectivity index (χ4n) is 2.03. The maximum absolute atomic E-state index is 9.01. The minimum atomic E-state index is 0.262. The van der Waals surface area contributed by atoms with Gasteiger partial charge in [0.15, 0.2) is 0 Å². The molecule has 2 heteroatoms. The first-order valence-corrected chi connectivity index (χ1v) is 4.74. The van der Waals surface area contributed by atoms with Crippen molar-refractivity contribution in [1.82, 2.24) is 5.32 Å². The maximum Gasteiger partial charge on any atom is 0.0584 e. The van der Waals surface area contributed by atoms with Crippen LogP contribution in [0, 0.1) is 5.92 Å². The molecule has 0 saturated carbocycles. The van der Waals surface area contributed by atoms with Gasteiger partial charge in [0, 0.05) is 12.1 Å². The van der Waals surface area contributed by atoms with E-state index in [1.165, 1.54) is 6.42 Å². The smallest absolute Gasteiger partial charge is 0.0584 e. The van der Waals surface area contributed by atoms with Crippen molar-refractivity contribution >= 4 is 0 Å². The summed E-state index contributed by atoms with van der Waals surface area (Å²) in [6, 6.07) is 0.835. The lowest BCUT2D eigenvalue weighted by Gasteiger charge is -2.33. The average Bonchev–Trinajstić information content (AvgIpc) is 2.04. The minimum absolute atomic E-state index is 0.262. The van der Waals surface area contributed by atoms with Gasteiger partial charge in [0.1, 0.15) is 0 Å². The van der Waals surface area contributed by atoms with E-state index in [1.807, 2.05) is 6.08 Å². The van der Waals surface area contributed by atoms with Crippen LogP contribution in [0.4, 0.5) is 0 Å². The second-order valence-corrected chi connectivity index (χ2v) is 3.84. The van der Waals surface area contributed by atoms with Crippen LogP contribution in [0.25, 0.3) is 0 Å². The molecule has 2 N–H and O–H groups in total. The van der Waals surface area contributed by atoms with Gasteiger partial charge in [0.2, 0.25) is 0 Å². The fraction of sp³-hybridized carbons (Fsp3) is 0.800. The Kier molecular flexibility index (Phi) is 3.76. The zero-order valence-corrected chi connectivity index (χ0v) is 7.79. The second-order valence-electron chi connectivity index (χ2n) is 3.84. The van der Waals surface area contributed by atoms with E-state index in [4.69, 9.17) is 5.11 Å². The summed E-state index contributed by atoms with van der Waals surface area (Å²) in [4.78, 5) is 0. The summed E-state index contributed by atoms with van der Waals surface area (Å²) in [7, 11) is 0. The van der Waals surface area contributed by atoms with E-state index in [2.05, 4.69) is 18.8 Å². The molecule has 0 aromatic carbocycles. The van der Waals surface area contributed by atoms with Gasteiger partial charge in [-0.3, -0.25) is 0 Å². The number of nitrogens with one attached hydrogen (secondary N) is 1. The molecule has 70 valence electrons. The standard InChI is InChI=1S/C10H19NO/c1-3-4-9-5-8(2)6-10(7-12)11-9/h3,8-12H,1,4-7H2,2H3. The van der Waals surface area contributed by atoms with Crippen LogP contribution in [-0.2, 0) is 0 Å². The first kappa shape index (κ1) is 9.75. The monoisotopic (exact) mass is 169 g/mol. The van der Waals surface area contributed by atoms with Crippen molar-refractivity contribution < 1.29 is 5.11 Å². The molecule has 0 aromatic heterocycles. The van der Waals surface area contributed by atoms with Crippen LogP contribution in [-0.4, -0.2) is 23.8 Å². The number of piperidine rings is 1. The third-order valence-electron chi connectivity index (χ3n) is 2.52. The fourth-order valence-corrected chi connectivity index (χ4v) is 2.03. The molecule has 2 nitrogen and oxygen atoms in total.